The highest BCUT2D eigenvalue weighted by molar-refractivity contribution is 9.10. The van der Waals surface area contributed by atoms with E-state index in [0.29, 0.717) is 0 Å². The Morgan fingerprint density at radius 3 is 1.23 bits per heavy atom. The Morgan fingerprint density at radius 2 is 0.691 bits per heavy atom. The van der Waals surface area contributed by atoms with Gasteiger partial charge in [-0.1, -0.05) is 222 Å². The monoisotopic (exact) mass is 1100 g/mol. The average Bonchev–Trinajstić information content (AvgIpc) is 2.99. The minimum absolute atomic E-state index is 0.498. The van der Waals surface area contributed by atoms with Crippen LogP contribution in [-0.4, -0.2) is 0 Å². The Morgan fingerprint density at radius 1 is 0.272 bits per heavy atom. The topological polar surface area (TPSA) is 29.5 Å². The van der Waals surface area contributed by atoms with Gasteiger partial charge in [0.2, 0.25) is 0 Å². The molecular formula is C77H48BrNO2. The Balaban J connectivity index is 0.000000205. The summed E-state index contributed by atoms with van der Waals surface area (Å²) in [7, 11) is 0. The third kappa shape index (κ3) is 7.63. The number of halogens is 1. The molecule has 0 radical (unpaired) electrons. The van der Waals surface area contributed by atoms with Crippen LogP contribution in [0.1, 0.15) is 22.3 Å². The number of fused-ring (bicyclic) bond motifs is 3. The van der Waals surface area contributed by atoms with E-state index >= 15 is 0 Å². The fourth-order valence-corrected chi connectivity index (χ4v) is 13.4. The van der Waals surface area contributed by atoms with Crippen LogP contribution in [0, 0.1) is 0 Å². The van der Waals surface area contributed by atoms with Crippen molar-refractivity contribution in [2.45, 2.75) is 5.41 Å². The Hall–Kier alpha value is -10.0. The van der Waals surface area contributed by atoms with Crippen LogP contribution in [0.25, 0.3) is 110 Å². The second-order valence-corrected chi connectivity index (χ2v) is 22.2. The Bertz CT molecular complexity index is 4930. The second-order valence-electron chi connectivity index (χ2n) is 21.2. The normalized spacial score (nSPS) is 12.6. The SMILES string of the molecule is Brc1ccc(-c2cc3ccc4cccc5oc(c2)c3c45)cc1.c1ccc(-c2ccc(N(c3ccc(-c4cc5ccc6cccc7oc(c4)c5c67)cc3)c3ccc4c(c3)C(c3ccccc3)(c3ccccc3)c3ccccc3-4)cc2)cc1. The van der Waals surface area contributed by atoms with E-state index in [1.807, 2.05) is 12.1 Å². The summed E-state index contributed by atoms with van der Waals surface area (Å²) in [5, 5.41) is 9.74. The van der Waals surface area contributed by atoms with Gasteiger partial charge in [0.15, 0.2) is 0 Å². The van der Waals surface area contributed by atoms with Gasteiger partial charge in [-0.3, -0.25) is 0 Å². The molecule has 1 aliphatic carbocycles. The summed E-state index contributed by atoms with van der Waals surface area (Å²) in [6, 6.07) is 105. The average molecular weight is 1100 g/mol. The van der Waals surface area contributed by atoms with Crippen molar-refractivity contribution in [3.05, 3.63) is 318 Å². The smallest absolute Gasteiger partial charge is 0.136 e. The number of anilines is 3. The molecule has 2 heterocycles. The minimum Gasteiger partial charge on any atom is -0.456 e. The van der Waals surface area contributed by atoms with Crippen LogP contribution in [0.5, 0.6) is 0 Å². The highest BCUT2D eigenvalue weighted by atomic mass is 79.9. The molecule has 0 saturated heterocycles. The molecule has 16 aromatic rings. The van der Waals surface area contributed by atoms with Gasteiger partial charge in [0.25, 0.3) is 0 Å². The maximum atomic E-state index is 6.43. The summed E-state index contributed by atoms with van der Waals surface area (Å²) < 4.78 is 13.6. The molecule has 0 spiro atoms. The predicted molar refractivity (Wildman–Crippen MR) is 341 cm³/mol. The van der Waals surface area contributed by atoms with E-state index in [1.54, 1.807) is 0 Å². The zero-order chi connectivity index (χ0) is 53.6. The number of rotatable bonds is 8. The number of hydrogen-bond donors (Lipinski definition) is 0. The van der Waals surface area contributed by atoms with E-state index < -0.39 is 5.41 Å². The molecule has 0 saturated carbocycles. The number of furan rings is 2. The minimum atomic E-state index is -0.498. The molecule has 0 amide bonds. The van der Waals surface area contributed by atoms with Crippen LogP contribution < -0.4 is 4.90 Å². The fraction of sp³-hybridized carbons (Fsp3) is 0.0130. The van der Waals surface area contributed by atoms with Crippen molar-refractivity contribution in [3.63, 3.8) is 0 Å². The zero-order valence-corrected chi connectivity index (χ0v) is 45.4. The molecule has 14 aromatic carbocycles. The zero-order valence-electron chi connectivity index (χ0n) is 43.9. The van der Waals surface area contributed by atoms with Crippen molar-refractivity contribution in [3.8, 4) is 44.5 Å². The van der Waals surface area contributed by atoms with E-state index in [1.165, 1.54) is 98.7 Å². The highest BCUT2D eigenvalue weighted by Crippen LogP contribution is 2.57. The lowest BCUT2D eigenvalue weighted by atomic mass is 9.67. The summed E-state index contributed by atoms with van der Waals surface area (Å²) in [6.07, 6.45) is 0. The Labute approximate surface area is 477 Å². The van der Waals surface area contributed by atoms with Crippen molar-refractivity contribution in [2.24, 2.45) is 0 Å². The fourth-order valence-electron chi connectivity index (χ4n) is 13.1. The third-order valence-electron chi connectivity index (χ3n) is 16.8. The third-order valence-corrected chi connectivity index (χ3v) is 17.3. The molecule has 3 nitrogen and oxygen atoms in total. The van der Waals surface area contributed by atoms with Gasteiger partial charge < -0.3 is 13.7 Å². The maximum absolute atomic E-state index is 6.43. The maximum Gasteiger partial charge on any atom is 0.136 e. The van der Waals surface area contributed by atoms with Crippen molar-refractivity contribution in [2.75, 3.05) is 4.90 Å². The first kappa shape index (κ1) is 47.0. The molecule has 17 rings (SSSR count). The van der Waals surface area contributed by atoms with Crippen LogP contribution in [0.2, 0.25) is 0 Å². The van der Waals surface area contributed by atoms with Crippen LogP contribution >= 0.6 is 15.9 Å². The molecule has 0 aliphatic heterocycles. The van der Waals surface area contributed by atoms with Crippen molar-refractivity contribution >= 4 is 98.4 Å². The summed E-state index contributed by atoms with van der Waals surface area (Å²) in [6.45, 7) is 0. The lowest BCUT2D eigenvalue weighted by Crippen LogP contribution is -2.28. The van der Waals surface area contributed by atoms with E-state index in [0.717, 1.165) is 55.0 Å². The molecule has 380 valence electrons. The molecule has 0 bridgehead atoms. The van der Waals surface area contributed by atoms with Gasteiger partial charge in [-0.2, -0.15) is 0 Å². The van der Waals surface area contributed by atoms with Gasteiger partial charge in [-0.25, -0.2) is 0 Å². The summed E-state index contributed by atoms with van der Waals surface area (Å²) in [5.74, 6) is 0. The van der Waals surface area contributed by atoms with Gasteiger partial charge >= 0.3 is 0 Å². The van der Waals surface area contributed by atoms with E-state index in [4.69, 9.17) is 8.83 Å². The summed E-state index contributed by atoms with van der Waals surface area (Å²) in [5.41, 5.74) is 21.2. The lowest BCUT2D eigenvalue weighted by molar-refractivity contribution is 0.669. The first-order valence-corrected chi connectivity index (χ1v) is 28.3. The lowest BCUT2D eigenvalue weighted by Gasteiger charge is -2.35. The molecule has 1 aliphatic rings. The van der Waals surface area contributed by atoms with E-state index in [2.05, 4.69) is 300 Å². The largest absolute Gasteiger partial charge is 0.456 e. The number of benzene rings is 14. The van der Waals surface area contributed by atoms with Crippen molar-refractivity contribution in [1.82, 2.24) is 0 Å². The van der Waals surface area contributed by atoms with Gasteiger partial charge in [0.1, 0.15) is 22.3 Å². The molecule has 81 heavy (non-hydrogen) atoms. The predicted octanol–water partition coefficient (Wildman–Crippen LogP) is 22.0. The quantitative estimate of drug-likeness (QED) is 0.142. The standard InChI is InChI=1S/C57H37NO.C20H11BrO/c1-4-13-38(14-5-1)39-25-29-46(30-26-39)58(47-31-27-40(28-32-47)43-35-42-24-23-41-15-12-22-53-55(41)56(42)54(36-43)59-53)48-33-34-50-49-20-10-11-21-51(49)57(52(50)37-48,44-16-6-2-7-17-44)45-18-8-3-9-19-45;21-16-8-6-12(7-9-16)15-10-14-5-4-13-2-1-3-17-19(13)20(14)18(11-15)22-17/h1-37H;1-11H. The second kappa shape index (κ2) is 18.8. The van der Waals surface area contributed by atoms with Crippen LogP contribution in [0.4, 0.5) is 17.1 Å². The van der Waals surface area contributed by atoms with Crippen molar-refractivity contribution in [1.29, 1.82) is 0 Å². The molecule has 4 heteroatoms. The van der Waals surface area contributed by atoms with Crippen LogP contribution in [-0.2, 0) is 5.41 Å². The first-order chi connectivity index (χ1) is 40.0. The molecule has 2 aromatic heterocycles. The molecule has 0 atom stereocenters. The van der Waals surface area contributed by atoms with Gasteiger partial charge in [0, 0.05) is 43.1 Å². The summed E-state index contributed by atoms with van der Waals surface area (Å²) >= 11 is 3.49. The van der Waals surface area contributed by atoms with Crippen molar-refractivity contribution < 1.29 is 8.83 Å². The number of nitrogens with zero attached hydrogens (tertiary/aromatic N) is 1. The van der Waals surface area contributed by atoms with Crippen LogP contribution in [0.3, 0.4) is 0 Å². The Kier molecular flexibility index (Phi) is 10.9. The van der Waals surface area contributed by atoms with Crippen LogP contribution in [0.15, 0.2) is 304 Å². The van der Waals surface area contributed by atoms with Gasteiger partial charge in [-0.05, 0) is 173 Å². The molecule has 0 N–H and O–H groups in total. The first-order valence-electron chi connectivity index (χ1n) is 27.6. The van der Waals surface area contributed by atoms with E-state index in [-0.39, 0.29) is 0 Å². The summed E-state index contributed by atoms with van der Waals surface area (Å²) in [4.78, 5) is 2.40. The molecular weight excluding hydrogens is 1050 g/mol. The van der Waals surface area contributed by atoms with Gasteiger partial charge in [-0.15, -0.1) is 0 Å². The van der Waals surface area contributed by atoms with E-state index in [9.17, 15) is 0 Å². The molecule has 0 fully saturated rings. The van der Waals surface area contributed by atoms with Gasteiger partial charge in [0.05, 0.1) is 5.41 Å². The number of hydrogen-bond acceptors (Lipinski definition) is 3. The molecule has 0 unspecified atom stereocenters. The highest BCUT2D eigenvalue weighted by Gasteiger charge is 2.46.